The Kier molecular flexibility index (Phi) is 9.51. The van der Waals surface area contributed by atoms with Crippen molar-refractivity contribution in [2.45, 2.75) is 30.8 Å². The third kappa shape index (κ3) is 7.02. The maximum Gasteiger partial charge on any atom is 0.251 e. The highest BCUT2D eigenvalue weighted by Gasteiger charge is 2.38. The highest BCUT2D eigenvalue weighted by Crippen LogP contribution is 2.40. The minimum absolute atomic E-state index is 0.0711. The fraction of sp³-hybridized carbons (Fsp3) is 0.333. The molecule has 2 N–H and O–H groups in total. The molecule has 10 radical (unpaired) electrons. The number of carbonyl (C=O) groups is 2. The molecule has 14 heteroatoms. The molecule has 2 unspecified atom stereocenters. The van der Waals surface area contributed by atoms with Crippen molar-refractivity contribution < 1.29 is 22.4 Å². The fourth-order valence-electron chi connectivity index (χ4n) is 5.51. The summed E-state index contributed by atoms with van der Waals surface area (Å²) in [5.41, 5.74) is 2.97. The van der Waals surface area contributed by atoms with Crippen molar-refractivity contribution in [2.75, 3.05) is 31.1 Å². The Balaban J connectivity index is 1.27. The quantitative estimate of drug-likeness (QED) is 0.263. The smallest absolute Gasteiger partial charge is 0.251 e. The fourth-order valence-corrected chi connectivity index (χ4v) is 6.71. The Hall–Kier alpha value is -3.24. The van der Waals surface area contributed by atoms with Gasteiger partial charge in [-0.2, -0.15) is 0 Å². The van der Waals surface area contributed by atoms with Gasteiger partial charge in [0, 0.05) is 30.6 Å². The number of nitrogens with zero attached hydrogens (tertiary/aromatic N) is 1. The molecule has 2 amide bonds. The molecule has 1 saturated carbocycles. The second-order valence-corrected chi connectivity index (χ2v) is 13.6. The van der Waals surface area contributed by atoms with E-state index in [0.29, 0.717) is 17.7 Å². The van der Waals surface area contributed by atoms with Crippen molar-refractivity contribution in [3.8, 4) is 11.1 Å². The zero-order valence-electron chi connectivity index (χ0n) is 24.1. The van der Waals surface area contributed by atoms with E-state index in [4.69, 9.17) is 39.2 Å². The molecule has 1 saturated heterocycles. The number of carbonyl (C=O) groups excluding carboxylic acids is 2. The minimum atomic E-state index is -3.19. The average molecular weight is 599 g/mol. The van der Waals surface area contributed by atoms with Gasteiger partial charge in [0.15, 0.2) is 9.84 Å². The lowest BCUT2D eigenvalue weighted by Crippen LogP contribution is -2.55. The molecule has 7 nitrogen and oxygen atoms in total. The summed E-state index contributed by atoms with van der Waals surface area (Å²) in [6.45, 7) is 0.575. The largest absolute Gasteiger partial charge is 0.340 e. The van der Waals surface area contributed by atoms with Gasteiger partial charge in [0.05, 0.1) is 11.5 Å². The SMILES string of the molecule is [B]c1c([B])c([B])c(-c2ccc(C(=O)N[C@@H](CCNC3CC3c3ccc(F)cc3)C(=O)N3CCS(=O)(=O)CC3)cc2)c([B])c1[B]. The average Bonchev–Trinajstić information content (AvgIpc) is 3.78. The van der Waals surface area contributed by atoms with Crippen LogP contribution in [-0.2, 0) is 14.6 Å². The zero-order valence-corrected chi connectivity index (χ0v) is 24.9. The van der Waals surface area contributed by atoms with Gasteiger partial charge in [0.25, 0.3) is 5.91 Å². The van der Waals surface area contributed by atoms with Crippen LogP contribution < -0.4 is 37.9 Å². The van der Waals surface area contributed by atoms with E-state index in [2.05, 4.69) is 10.6 Å². The van der Waals surface area contributed by atoms with Crippen molar-refractivity contribution >= 4 is 88.2 Å². The van der Waals surface area contributed by atoms with Crippen molar-refractivity contribution in [3.05, 3.63) is 65.5 Å². The van der Waals surface area contributed by atoms with Crippen LogP contribution in [0.3, 0.4) is 0 Å². The predicted molar refractivity (Wildman–Crippen MR) is 175 cm³/mol. The minimum Gasteiger partial charge on any atom is -0.340 e. The number of amides is 2. The van der Waals surface area contributed by atoms with E-state index in [1.165, 1.54) is 17.0 Å². The van der Waals surface area contributed by atoms with E-state index in [1.54, 1.807) is 36.4 Å². The van der Waals surface area contributed by atoms with E-state index < -0.39 is 21.8 Å². The first kappa shape index (κ1) is 32.2. The molecule has 2 aliphatic rings. The zero-order chi connectivity index (χ0) is 31.8. The maximum atomic E-state index is 13.5. The van der Waals surface area contributed by atoms with Crippen LogP contribution in [0.5, 0.6) is 0 Å². The van der Waals surface area contributed by atoms with Gasteiger partial charge >= 0.3 is 0 Å². The summed E-state index contributed by atoms with van der Waals surface area (Å²) in [4.78, 5) is 28.3. The third-order valence-electron chi connectivity index (χ3n) is 8.32. The van der Waals surface area contributed by atoms with E-state index in [9.17, 15) is 22.4 Å². The van der Waals surface area contributed by atoms with Gasteiger partial charge in [-0.3, -0.25) is 9.59 Å². The number of benzene rings is 3. The second kappa shape index (κ2) is 13.0. The number of nitrogens with one attached hydrogen (secondary N) is 2. The first-order valence-electron chi connectivity index (χ1n) is 14.3. The monoisotopic (exact) mass is 599 g/mol. The molecule has 3 atom stereocenters. The van der Waals surface area contributed by atoms with Crippen LogP contribution >= 0.6 is 0 Å². The van der Waals surface area contributed by atoms with Gasteiger partial charge in [0.2, 0.25) is 5.91 Å². The van der Waals surface area contributed by atoms with Crippen LogP contribution in [-0.4, -0.2) is 108 Å². The normalized spacial score (nSPS) is 19.7. The highest BCUT2D eigenvalue weighted by molar-refractivity contribution is 7.91. The van der Waals surface area contributed by atoms with Crippen LogP contribution in [0.4, 0.5) is 4.39 Å². The number of hydrogen-bond donors (Lipinski definition) is 2. The molecule has 1 aliphatic heterocycles. The van der Waals surface area contributed by atoms with Gasteiger partial charge in [-0.15, -0.1) is 16.4 Å². The number of rotatable bonds is 9. The number of halogens is 1. The lowest BCUT2D eigenvalue weighted by Gasteiger charge is -2.30. The molecule has 2 fully saturated rings. The molecular weight excluding hydrogens is 571 g/mol. The highest BCUT2D eigenvalue weighted by atomic mass is 32.2. The Bertz CT molecular complexity index is 1650. The molecule has 1 heterocycles. The molecule has 3 aromatic carbocycles. The second-order valence-electron chi connectivity index (χ2n) is 11.3. The van der Waals surface area contributed by atoms with Crippen LogP contribution in [0.1, 0.15) is 34.7 Å². The molecule has 0 aromatic heterocycles. The first-order valence-corrected chi connectivity index (χ1v) is 16.1. The van der Waals surface area contributed by atoms with Gasteiger partial charge in [-0.05, 0) is 60.3 Å². The third-order valence-corrected chi connectivity index (χ3v) is 9.93. The molecule has 3 aromatic rings. The molecule has 44 heavy (non-hydrogen) atoms. The number of hydrogen-bond acceptors (Lipinski definition) is 5. The van der Waals surface area contributed by atoms with Gasteiger partial charge < -0.3 is 15.5 Å². The maximum absolute atomic E-state index is 13.5. The summed E-state index contributed by atoms with van der Waals surface area (Å²) in [5, 5.41) is 6.25. The molecule has 214 valence electrons. The van der Waals surface area contributed by atoms with Crippen LogP contribution in [0.2, 0.25) is 0 Å². The Morgan fingerprint density at radius 1 is 0.864 bits per heavy atom. The van der Waals surface area contributed by atoms with E-state index in [0.717, 1.165) is 12.0 Å². The lowest BCUT2D eigenvalue weighted by molar-refractivity contribution is -0.133. The van der Waals surface area contributed by atoms with Crippen molar-refractivity contribution in [2.24, 2.45) is 0 Å². The Morgan fingerprint density at radius 3 is 2.02 bits per heavy atom. The standard InChI is InChI=1S/C30H27B5FN3O4S/c31-24-23(25(32)27(34)28(35)26(24)33)17-1-3-18(4-2-17)29(40)38-21(30(41)39-11-13-44(42,43)14-12-39)9-10-37-22-15-20(22)16-5-7-19(36)8-6-16/h1-8,20-22,37H,9-15H2,(H,38,40)/t20?,21-,22?/m0/s1. The van der Waals surface area contributed by atoms with E-state index in [1.807, 2.05) is 0 Å². The van der Waals surface area contributed by atoms with Crippen molar-refractivity contribution in [1.82, 2.24) is 15.5 Å². The summed E-state index contributed by atoms with van der Waals surface area (Å²) in [7, 11) is 27.0. The topological polar surface area (TPSA) is 95.6 Å². The van der Waals surface area contributed by atoms with Crippen LogP contribution in [0.15, 0.2) is 48.5 Å². The van der Waals surface area contributed by atoms with Crippen LogP contribution in [0.25, 0.3) is 11.1 Å². The summed E-state index contributed by atoms with van der Waals surface area (Å²) in [6.07, 6.45) is 1.17. The molecular formula is C30H27B5FN3O4S. The van der Waals surface area contributed by atoms with Gasteiger partial charge in [0.1, 0.15) is 51.1 Å². The predicted octanol–water partition coefficient (Wildman–Crippen LogP) is -2.65. The molecule has 1 aliphatic carbocycles. The molecule has 5 rings (SSSR count). The van der Waals surface area contributed by atoms with Crippen molar-refractivity contribution in [3.63, 3.8) is 0 Å². The first-order chi connectivity index (χ1) is 20.9. The summed E-state index contributed by atoms with van der Waals surface area (Å²) < 4.78 is 37.1. The van der Waals surface area contributed by atoms with E-state index >= 15 is 0 Å². The van der Waals surface area contributed by atoms with Crippen molar-refractivity contribution in [1.29, 1.82) is 0 Å². The molecule has 0 spiro atoms. The van der Waals surface area contributed by atoms with Gasteiger partial charge in [-0.1, -0.05) is 35.2 Å². The Labute approximate surface area is 264 Å². The Morgan fingerprint density at radius 2 is 1.43 bits per heavy atom. The van der Waals surface area contributed by atoms with Crippen LogP contribution in [0, 0.1) is 5.82 Å². The summed E-state index contributed by atoms with van der Waals surface area (Å²) in [5.74, 6) is -1.10. The lowest BCUT2D eigenvalue weighted by atomic mass is 9.59. The number of sulfone groups is 1. The molecule has 0 bridgehead atoms. The van der Waals surface area contributed by atoms with E-state index in [-0.39, 0.29) is 87.6 Å². The summed E-state index contributed by atoms with van der Waals surface area (Å²) in [6, 6.07) is 12.1. The summed E-state index contributed by atoms with van der Waals surface area (Å²) >= 11 is 0. The van der Waals surface area contributed by atoms with Gasteiger partial charge in [-0.25, -0.2) is 12.8 Å².